The molecule has 0 spiro atoms. The summed E-state index contributed by atoms with van der Waals surface area (Å²) in [6.07, 6.45) is 7.32. The van der Waals surface area contributed by atoms with Crippen molar-refractivity contribution >= 4 is 5.91 Å². The van der Waals surface area contributed by atoms with Crippen LogP contribution < -0.4 is 0 Å². The molecule has 0 radical (unpaired) electrons. The average molecular weight is 361 g/mol. The summed E-state index contributed by atoms with van der Waals surface area (Å²) in [5.41, 5.74) is 0.155. The number of benzene rings is 1. The molecule has 0 N–H and O–H groups in total. The molecule has 1 aromatic heterocycles. The first kappa shape index (κ1) is 18.5. The van der Waals surface area contributed by atoms with Gasteiger partial charge in [-0.3, -0.25) is 4.79 Å². The van der Waals surface area contributed by atoms with Gasteiger partial charge in [-0.05, 0) is 43.7 Å². The van der Waals surface area contributed by atoms with E-state index in [0.29, 0.717) is 25.9 Å². The lowest BCUT2D eigenvalue weighted by atomic mass is 9.91. The molecule has 2 heterocycles. The predicted octanol–water partition coefficient (Wildman–Crippen LogP) is 3.60. The number of hydrogen-bond donors (Lipinski definition) is 0. The largest absolute Gasteiger partial charge is 0.341 e. The topological polar surface area (TPSA) is 38.1 Å². The molecule has 26 heavy (non-hydrogen) atoms. The number of halogens is 2. The van der Waals surface area contributed by atoms with Crippen LogP contribution in [-0.2, 0) is 24.2 Å². The fourth-order valence-electron chi connectivity index (χ4n) is 3.69. The van der Waals surface area contributed by atoms with E-state index in [2.05, 4.69) is 4.98 Å². The van der Waals surface area contributed by atoms with Gasteiger partial charge in [0.15, 0.2) is 0 Å². The highest BCUT2D eigenvalue weighted by Gasteiger charge is 2.24. The maximum Gasteiger partial charge on any atom is 0.242 e. The van der Waals surface area contributed by atoms with Crippen molar-refractivity contribution < 1.29 is 13.6 Å². The third-order valence-corrected chi connectivity index (χ3v) is 5.16. The number of carbonyl (C=O) groups excluding carboxylic acids is 1. The van der Waals surface area contributed by atoms with Gasteiger partial charge in [0.25, 0.3) is 0 Å². The number of likely N-dealkylation sites (tertiary alicyclic amines) is 1. The van der Waals surface area contributed by atoms with Crippen LogP contribution in [0.5, 0.6) is 0 Å². The predicted molar refractivity (Wildman–Crippen MR) is 95.6 cm³/mol. The lowest BCUT2D eigenvalue weighted by Gasteiger charge is -2.33. The molecule has 6 heteroatoms. The first-order valence-electron chi connectivity index (χ1n) is 9.29. The third kappa shape index (κ3) is 4.29. The molecular weight excluding hydrogens is 336 g/mol. The highest BCUT2D eigenvalue weighted by molar-refractivity contribution is 5.76. The second-order valence-electron chi connectivity index (χ2n) is 6.91. The molecule has 0 saturated carbocycles. The van der Waals surface area contributed by atoms with Crippen molar-refractivity contribution in [1.29, 1.82) is 0 Å². The number of imidazole rings is 1. The number of aryl methyl sites for hydroxylation is 1. The van der Waals surface area contributed by atoms with Crippen molar-refractivity contribution in [2.24, 2.45) is 5.92 Å². The van der Waals surface area contributed by atoms with Crippen LogP contribution in [0.25, 0.3) is 0 Å². The maximum atomic E-state index is 13.8. The monoisotopic (exact) mass is 361 g/mol. The standard InChI is InChI=1S/C20H25F2N3O/c1-2-19-23-10-12-24(19)14-20(26)25-11-4-5-15(13-25)8-9-16-17(21)6-3-7-18(16)22/h3,6-7,10,12,15H,2,4-5,8-9,11,13-14H2,1H3. The number of nitrogens with zero attached hydrogens (tertiary/aromatic N) is 3. The number of piperidine rings is 1. The van der Waals surface area contributed by atoms with Gasteiger partial charge in [-0.25, -0.2) is 13.8 Å². The van der Waals surface area contributed by atoms with Gasteiger partial charge >= 0.3 is 0 Å². The van der Waals surface area contributed by atoms with Gasteiger partial charge in [-0.2, -0.15) is 0 Å². The van der Waals surface area contributed by atoms with Gasteiger partial charge in [0.05, 0.1) is 0 Å². The molecule has 1 aliphatic rings. The quantitative estimate of drug-likeness (QED) is 0.789. The fraction of sp³-hybridized carbons (Fsp3) is 0.500. The smallest absolute Gasteiger partial charge is 0.242 e. The van der Waals surface area contributed by atoms with Crippen LogP contribution in [-0.4, -0.2) is 33.4 Å². The Morgan fingerprint density at radius 3 is 2.81 bits per heavy atom. The Balaban J connectivity index is 1.56. The number of aromatic nitrogens is 2. The molecule has 4 nitrogen and oxygen atoms in total. The van der Waals surface area contributed by atoms with Crippen molar-refractivity contribution in [3.8, 4) is 0 Å². The van der Waals surface area contributed by atoms with Gasteiger partial charge in [0.2, 0.25) is 5.91 Å². The highest BCUT2D eigenvalue weighted by Crippen LogP contribution is 2.24. The minimum absolute atomic E-state index is 0.0828. The highest BCUT2D eigenvalue weighted by atomic mass is 19.1. The van der Waals surface area contributed by atoms with Crippen LogP contribution in [0.1, 0.15) is 37.6 Å². The molecule has 0 aliphatic carbocycles. The first-order valence-corrected chi connectivity index (χ1v) is 9.29. The summed E-state index contributed by atoms with van der Waals surface area (Å²) >= 11 is 0. The van der Waals surface area contributed by atoms with Crippen molar-refractivity contribution in [2.75, 3.05) is 13.1 Å². The molecule has 1 saturated heterocycles. The summed E-state index contributed by atoms with van der Waals surface area (Å²) in [6.45, 7) is 3.73. The molecule has 140 valence electrons. The van der Waals surface area contributed by atoms with Crippen LogP contribution in [0.15, 0.2) is 30.6 Å². The summed E-state index contributed by atoms with van der Waals surface area (Å²) in [5, 5.41) is 0. The Kier molecular flexibility index (Phi) is 6.01. The Morgan fingerprint density at radius 1 is 1.31 bits per heavy atom. The Morgan fingerprint density at radius 2 is 2.08 bits per heavy atom. The van der Waals surface area contributed by atoms with Gasteiger partial charge in [-0.1, -0.05) is 13.0 Å². The second kappa shape index (κ2) is 8.43. The van der Waals surface area contributed by atoms with Crippen molar-refractivity contribution in [2.45, 2.75) is 45.6 Å². The van der Waals surface area contributed by atoms with Crippen LogP contribution in [0.2, 0.25) is 0 Å². The number of amides is 1. The molecule has 3 rings (SSSR count). The molecule has 2 aromatic rings. The zero-order valence-electron chi connectivity index (χ0n) is 15.1. The van der Waals surface area contributed by atoms with E-state index in [0.717, 1.165) is 31.6 Å². The molecule has 1 aliphatic heterocycles. The minimum atomic E-state index is -0.485. The minimum Gasteiger partial charge on any atom is -0.341 e. The van der Waals surface area contributed by atoms with Crippen LogP contribution in [0, 0.1) is 17.6 Å². The van der Waals surface area contributed by atoms with Gasteiger partial charge < -0.3 is 9.47 Å². The zero-order chi connectivity index (χ0) is 18.5. The number of carbonyl (C=O) groups is 1. The van der Waals surface area contributed by atoms with E-state index in [9.17, 15) is 13.6 Å². The van der Waals surface area contributed by atoms with Crippen LogP contribution in [0.4, 0.5) is 8.78 Å². The molecular formula is C20H25F2N3O. The molecule has 0 bridgehead atoms. The van der Waals surface area contributed by atoms with E-state index < -0.39 is 11.6 Å². The number of hydrogen-bond acceptors (Lipinski definition) is 2. The molecule has 1 amide bonds. The van der Waals surface area contributed by atoms with Crippen molar-refractivity contribution in [3.05, 3.63) is 53.6 Å². The summed E-state index contributed by atoms with van der Waals surface area (Å²) in [4.78, 5) is 18.7. The first-order chi connectivity index (χ1) is 12.6. The molecule has 1 atom stereocenters. The van der Waals surface area contributed by atoms with Gasteiger partial charge in [-0.15, -0.1) is 0 Å². The SMILES string of the molecule is CCc1nccn1CC(=O)N1CCCC(CCc2c(F)cccc2F)C1. The third-order valence-electron chi connectivity index (χ3n) is 5.16. The number of rotatable bonds is 6. The molecule has 1 unspecified atom stereocenters. The van der Waals surface area contributed by atoms with Crippen LogP contribution in [0.3, 0.4) is 0 Å². The lowest BCUT2D eigenvalue weighted by molar-refractivity contribution is -0.133. The summed E-state index contributed by atoms with van der Waals surface area (Å²) in [5.74, 6) is 0.295. The van der Waals surface area contributed by atoms with E-state index in [1.54, 1.807) is 6.20 Å². The van der Waals surface area contributed by atoms with Gasteiger partial charge in [0.1, 0.15) is 24.0 Å². The van der Waals surface area contributed by atoms with Crippen molar-refractivity contribution in [3.63, 3.8) is 0 Å². The average Bonchev–Trinajstić information content (AvgIpc) is 3.08. The normalized spacial score (nSPS) is 17.5. The van der Waals surface area contributed by atoms with E-state index in [-0.39, 0.29) is 17.4 Å². The summed E-state index contributed by atoms with van der Waals surface area (Å²) < 4.78 is 29.4. The molecule has 1 aromatic carbocycles. The second-order valence-corrected chi connectivity index (χ2v) is 6.91. The van der Waals surface area contributed by atoms with Crippen LogP contribution >= 0.6 is 0 Å². The van der Waals surface area contributed by atoms with Crippen molar-refractivity contribution in [1.82, 2.24) is 14.5 Å². The fourth-order valence-corrected chi connectivity index (χ4v) is 3.69. The zero-order valence-corrected chi connectivity index (χ0v) is 15.1. The Hall–Kier alpha value is -2.24. The Labute approximate surface area is 152 Å². The summed E-state index contributed by atoms with van der Waals surface area (Å²) in [7, 11) is 0. The Bertz CT molecular complexity index is 739. The molecule has 1 fully saturated rings. The van der Waals surface area contributed by atoms with E-state index in [1.807, 2.05) is 22.6 Å². The van der Waals surface area contributed by atoms with E-state index in [1.165, 1.54) is 18.2 Å². The lowest BCUT2D eigenvalue weighted by Crippen LogP contribution is -2.41. The maximum absolute atomic E-state index is 13.8. The van der Waals surface area contributed by atoms with E-state index >= 15 is 0 Å². The van der Waals surface area contributed by atoms with Gasteiger partial charge in [0, 0.05) is 37.5 Å². The van der Waals surface area contributed by atoms with E-state index in [4.69, 9.17) is 0 Å². The summed E-state index contributed by atoms with van der Waals surface area (Å²) in [6, 6.07) is 3.98.